The van der Waals surface area contributed by atoms with Crippen LogP contribution in [0.1, 0.15) is 110 Å². The predicted molar refractivity (Wildman–Crippen MR) is 151 cm³/mol. The zero-order valence-corrected chi connectivity index (χ0v) is 24.2. The van der Waals surface area contributed by atoms with Crippen molar-refractivity contribution in [2.75, 3.05) is 39.4 Å². The van der Waals surface area contributed by atoms with Crippen LogP contribution in [0.15, 0.2) is 18.2 Å². The van der Waals surface area contributed by atoms with Crippen LogP contribution in [0.25, 0.3) is 0 Å². The molecular weight excluding hydrogens is 498 g/mol. The number of carbonyl (C=O) groups is 4. The molecule has 1 aromatic rings. The zero-order valence-electron chi connectivity index (χ0n) is 24.2. The Morgan fingerprint density at radius 3 is 2.08 bits per heavy atom. The molecule has 0 aromatic heterocycles. The highest BCUT2D eigenvalue weighted by atomic mass is 16.5. The lowest BCUT2D eigenvalue weighted by Gasteiger charge is -2.17. The number of carbonyl (C=O) groups excluding carboxylic acids is 4. The third-order valence-electron chi connectivity index (χ3n) is 7.32. The molecule has 0 radical (unpaired) electrons. The largest absolute Gasteiger partial charge is 0.462 e. The third kappa shape index (κ3) is 10.5. The molecule has 218 valence electrons. The van der Waals surface area contributed by atoms with E-state index in [0.717, 1.165) is 51.4 Å². The van der Waals surface area contributed by atoms with Crippen LogP contribution >= 0.6 is 0 Å². The molecule has 2 atom stereocenters. The fourth-order valence-corrected chi connectivity index (χ4v) is 4.51. The molecule has 2 unspecified atom stereocenters. The first-order valence-corrected chi connectivity index (χ1v) is 14.6. The summed E-state index contributed by atoms with van der Waals surface area (Å²) in [6, 6.07) is 4.20. The van der Waals surface area contributed by atoms with Crippen LogP contribution in [-0.4, -0.2) is 68.2 Å². The van der Waals surface area contributed by atoms with Crippen LogP contribution in [0.2, 0.25) is 0 Å². The fraction of sp³-hybridized carbons (Fsp3) is 0.667. The van der Waals surface area contributed by atoms with Crippen molar-refractivity contribution in [3.05, 3.63) is 34.9 Å². The maximum absolute atomic E-state index is 13.2. The Kier molecular flexibility index (Phi) is 14.4. The van der Waals surface area contributed by atoms with Gasteiger partial charge in [-0.2, -0.15) is 0 Å². The molecule has 1 fully saturated rings. The minimum atomic E-state index is -0.598. The quantitative estimate of drug-likeness (QED) is 0.246. The van der Waals surface area contributed by atoms with Crippen LogP contribution in [0.5, 0.6) is 0 Å². The van der Waals surface area contributed by atoms with Gasteiger partial charge >= 0.3 is 18.0 Å². The van der Waals surface area contributed by atoms with Gasteiger partial charge in [-0.1, -0.05) is 66.2 Å². The second kappa shape index (κ2) is 17.5. The number of rotatable bonds is 18. The molecule has 2 N–H and O–H groups in total. The van der Waals surface area contributed by atoms with Gasteiger partial charge in [-0.3, -0.25) is 4.79 Å². The fourth-order valence-electron chi connectivity index (χ4n) is 4.51. The van der Waals surface area contributed by atoms with Crippen LogP contribution in [0.4, 0.5) is 4.79 Å². The average molecular weight is 546 g/mol. The number of hydrogen-bond donors (Lipinski definition) is 2. The minimum Gasteiger partial charge on any atom is -0.462 e. The van der Waals surface area contributed by atoms with Crippen LogP contribution in [0.3, 0.4) is 0 Å². The number of nitrogens with zero attached hydrogens (tertiary/aromatic N) is 1. The van der Waals surface area contributed by atoms with Crippen LogP contribution in [-0.2, 0) is 9.47 Å². The van der Waals surface area contributed by atoms with Gasteiger partial charge in [0.2, 0.25) is 0 Å². The van der Waals surface area contributed by atoms with Gasteiger partial charge in [-0.05, 0) is 42.9 Å². The van der Waals surface area contributed by atoms with E-state index in [4.69, 9.17) is 9.47 Å². The van der Waals surface area contributed by atoms with E-state index in [9.17, 15) is 19.2 Å². The summed E-state index contributed by atoms with van der Waals surface area (Å²) in [6.45, 7) is 10.7. The first kappa shape index (κ1) is 32.1. The molecule has 0 spiro atoms. The average Bonchev–Trinajstić information content (AvgIpc) is 3.36. The van der Waals surface area contributed by atoms with Crippen LogP contribution in [0, 0.1) is 11.8 Å². The molecule has 1 heterocycles. The summed E-state index contributed by atoms with van der Waals surface area (Å²) < 4.78 is 11.2. The molecule has 1 aliphatic rings. The summed E-state index contributed by atoms with van der Waals surface area (Å²) in [5.41, 5.74) is 0.359. The van der Waals surface area contributed by atoms with Gasteiger partial charge in [0.15, 0.2) is 0 Å². The maximum atomic E-state index is 13.2. The molecule has 39 heavy (non-hydrogen) atoms. The topological polar surface area (TPSA) is 114 Å². The Morgan fingerprint density at radius 1 is 0.923 bits per heavy atom. The molecule has 0 bridgehead atoms. The van der Waals surface area contributed by atoms with E-state index >= 15 is 0 Å². The molecule has 2 rings (SSSR count). The van der Waals surface area contributed by atoms with E-state index in [2.05, 4.69) is 38.3 Å². The summed E-state index contributed by atoms with van der Waals surface area (Å²) in [5.74, 6) is -1.10. The molecular formula is C30H47N3O6. The van der Waals surface area contributed by atoms with E-state index in [1.165, 1.54) is 18.2 Å². The van der Waals surface area contributed by atoms with Crippen molar-refractivity contribution < 1.29 is 28.7 Å². The van der Waals surface area contributed by atoms with Gasteiger partial charge in [0, 0.05) is 26.2 Å². The number of nitrogens with one attached hydrogen (secondary N) is 2. The highest BCUT2D eigenvalue weighted by Crippen LogP contribution is 2.19. The van der Waals surface area contributed by atoms with Crippen molar-refractivity contribution in [3.8, 4) is 0 Å². The minimum absolute atomic E-state index is 0.0555. The number of esters is 2. The number of amides is 3. The van der Waals surface area contributed by atoms with Gasteiger partial charge in [-0.25, -0.2) is 14.4 Å². The SMILES string of the molecule is CCCCC(CC)COC(=O)c1ccc(C(=O)OCC(CC)CCCC)c(C(=O)NCCN2CCNC2=O)c1. The number of urea groups is 1. The summed E-state index contributed by atoms with van der Waals surface area (Å²) >= 11 is 0. The lowest BCUT2D eigenvalue weighted by molar-refractivity contribution is 0.0412. The van der Waals surface area contributed by atoms with E-state index in [-0.39, 0.29) is 47.7 Å². The standard InChI is InChI=1S/C30H47N3O6/c1-5-9-11-22(7-3)20-38-28(35)24-13-14-25(29(36)39-21-23(8-4)12-10-6-2)26(19-24)27(34)31-15-17-33-18-16-32-30(33)37/h13-14,19,22-23H,5-12,15-18,20-21H2,1-4H3,(H,31,34)(H,32,37). The summed E-state index contributed by atoms with van der Waals surface area (Å²) in [7, 11) is 0. The van der Waals surface area contributed by atoms with Gasteiger partial charge in [-0.15, -0.1) is 0 Å². The van der Waals surface area contributed by atoms with E-state index < -0.39 is 17.8 Å². The van der Waals surface area contributed by atoms with Crippen molar-refractivity contribution in [1.29, 1.82) is 0 Å². The Bertz CT molecular complexity index is 951. The highest BCUT2D eigenvalue weighted by molar-refractivity contribution is 6.07. The highest BCUT2D eigenvalue weighted by Gasteiger charge is 2.24. The molecule has 9 nitrogen and oxygen atoms in total. The lowest BCUT2D eigenvalue weighted by Crippen LogP contribution is -2.37. The van der Waals surface area contributed by atoms with Gasteiger partial charge in [0.05, 0.1) is 29.9 Å². The second-order valence-corrected chi connectivity index (χ2v) is 10.3. The molecule has 0 saturated carbocycles. The van der Waals surface area contributed by atoms with E-state index in [1.807, 2.05) is 0 Å². The Labute approximate surface area is 233 Å². The first-order valence-electron chi connectivity index (χ1n) is 14.6. The molecule has 1 aliphatic heterocycles. The summed E-state index contributed by atoms with van der Waals surface area (Å²) in [6.07, 6.45) is 8.07. The second-order valence-electron chi connectivity index (χ2n) is 10.3. The number of benzene rings is 1. The van der Waals surface area contributed by atoms with Gasteiger partial charge in [0.25, 0.3) is 5.91 Å². The van der Waals surface area contributed by atoms with Crippen molar-refractivity contribution in [2.45, 2.75) is 79.1 Å². The molecule has 1 saturated heterocycles. The van der Waals surface area contributed by atoms with Crippen LogP contribution < -0.4 is 10.6 Å². The number of hydrogen-bond acceptors (Lipinski definition) is 6. The van der Waals surface area contributed by atoms with Crippen molar-refractivity contribution >= 4 is 23.9 Å². The van der Waals surface area contributed by atoms with Gasteiger partial charge in [0.1, 0.15) is 0 Å². The maximum Gasteiger partial charge on any atom is 0.338 e. The Balaban J connectivity index is 2.15. The van der Waals surface area contributed by atoms with Gasteiger partial charge < -0.3 is 25.0 Å². The number of ether oxygens (including phenoxy) is 2. The zero-order chi connectivity index (χ0) is 28.6. The Hall–Kier alpha value is -3.10. The predicted octanol–water partition coefficient (Wildman–Crippen LogP) is 5.19. The van der Waals surface area contributed by atoms with E-state index in [0.29, 0.717) is 26.2 Å². The summed E-state index contributed by atoms with van der Waals surface area (Å²) in [5, 5.41) is 5.49. The molecule has 1 aromatic carbocycles. The van der Waals surface area contributed by atoms with Crippen molar-refractivity contribution in [2.24, 2.45) is 11.8 Å². The van der Waals surface area contributed by atoms with Crippen molar-refractivity contribution in [1.82, 2.24) is 15.5 Å². The Morgan fingerprint density at radius 2 is 1.54 bits per heavy atom. The monoisotopic (exact) mass is 545 g/mol. The lowest BCUT2D eigenvalue weighted by atomic mass is 10.00. The normalized spacial score (nSPS) is 14.5. The molecule has 9 heteroatoms. The summed E-state index contributed by atoms with van der Waals surface area (Å²) in [4.78, 5) is 52.5. The number of unbranched alkanes of at least 4 members (excludes halogenated alkanes) is 2. The first-order chi connectivity index (χ1) is 18.8. The van der Waals surface area contributed by atoms with E-state index in [1.54, 1.807) is 4.90 Å². The molecule has 0 aliphatic carbocycles. The third-order valence-corrected chi connectivity index (χ3v) is 7.32. The smallest absolute Gasteiger partial charge is 0.338 e. The molecule has 3 amide bonds. The van der Waals surface area contributed by atoms with Crippen molar-refractivity contribution in [3.63, 3.8) is 0 Å².